The molecule has 0 fully saturated rings. The van der Waals surface area contributed by atoms with Crippen molar-refractivity contribution in [1.29, 1.82) is 0 Å². The molecule has 0 unspecified atom stereocenters. The quantitative estimate of drug-likeness (QED) is 0.232. The zero-order chi connectivity index (χ0) is 19.8. The maximum atomic E-state index is 2.54. The molecule has 0 saturated heterocycles. The molecule has 3 rings (SSSR count). The first-order chi connectivity index (χ1) is 13.7. The van der Waals surface area contributed by atoms with Crippen molar-refractivity contribution in [1.82, 2.24) is 0 Å². The first kappa shape index (κ1) is 21.9. The molecular weight excluding hydrogens is 463 g/mol. The van der Waals surface area contributed by atoms with Crippen molar-refractivity contribution in [3.63, 3.8) is 0 Å². The first-order valence-corrected chi connectivity index (χ1v) is 19.6. The predicted molar refractivity (Wildman–Crippen MR) is 132 cm³/mol. The predicted octanol–water partition coefficient (Wildman–Crippen LogP) is 8.62. The van der Waals surface area contributed by atoms with Gasteiger partial charge in [-0.2, -0.15) is 0 Å². The molecule has 0 aliphatic heterocycles. The van der Waals surface area contributed by atoms with Crippen LogP contribution in [0.2, 0.25) is 13.3 Å². The molecular formula is C26H36SSn. The van der Waals surface area contributed by atoms with Gasteiger partial charge in [0.1, 0.15) is 0 Å². The van der Waals surface area contributed by atoms with E-state index in [2.05, 4.69) is 75.4 Å². The summed E-state index contributed by atoms with van der Waals surface area (Å²) in [5.74, 6) is 0. The van der Waals surface area contributed by atoms with Crippen molar-refractivity contribution in [3.8, 4) is 10.4 Å². The first-order valence-electron chi connectivity index (χ1n) is 11.3. The van der Waals surface area contributed by atoms with Gasteiger partial charge in [-0.3, -0.25) is 0 Å². The summed E-state index contributed by atoms with van der Waals surface area (Å²) in [6.45, 7) is 7.11. The normalized spacial score (nSPS) is 12.0. The Morgan fingerprint density at radius 1 is 0.714 bits per heavy atom. The number of rotatable bonds is 11. The fourth-order valence-electron chi connectivity index (χ4n) is 4.60. The Morgan fingerprint density at radius 2 is 1.29 bits per heavy atom. The molecule has 28 heavy (non-hydrogen) atoms. The molecule has 150 valence electrons. The summed E-state index contributed by atoms with van der Waals surface area (Å²) < 4.78 is 7.84. The van der Waals surface area contributed by atoms with Gasteiger partial charge in [0, 0.05) is 0 Å². The molecule has 0 radical (unpaired) electrons. The van der Waals surface area contributed by atoms with Crippen LogP contribution in [0, 0.1) is 0 Å². The molecule has 0 spiro atoms. The second kappa shape index (κ2) is 10.8. The molecule has 0 nitrogen and oxygen atoms in total. The van der Waals surface area contributed by atoms with Crippen LogP contribution in [0.15, 0.2) is 54.6 Å². The number of unbranched alkanes of at least 4 members (excludes halogenated alkanes) is 3. The number of hydrogen-bond acceptors (Lipinski definition) is 1. The minimum absolute atomic E-state index is 1.34. The molecule has 0 bridgehead atoms. The molecule has 0 atom stereocenters. The molecule has 3 aromatic rings. The Kier molecular flexibility index (Phi) is 8.47. The van der Waals surface area contributed by atoms with Gasteiger partial charge in [-0.15, -0.1) is 0 Å². The van der Waals surface area contributed by atoms with Gasteiger partial charge in [0.05, 0.1) is 0 Å². The summed E-state index contributed by atoms with van der Waals surface area (Å²) in [5, 5.41) is 1.40. The van der Waals surface area contributed by atoms with Crippen LogP contribution in [0.4, 0.5) is 0 Å². The Bertz CT molecular complexity index is 809. The van der Waals surface area contributed by atoms with Gasteiger partial charge >= 0.3 is 181 Å². The van der Waals surface area contributed by atoms with Crippen molar-refractivity contribution in [2.75, 3.05) is 0 Å². The van der Waals surface area contributed by atoms with Crippen molar-refractivity contribution < 1.29 is 0 Å². The van der Waals surface area contributed by atoms with Crippen LogP contribution in [0.3, 0.4) is 0 Å². The van der Waals surface area contributed by atoms with Crippen molar-refractivity contribution in [3.05, 3.63) is 54.6 Å². The Morgan fingerprint density at radius 3 is 1.89 bits per heavy atom. The summed E-state index contributed by atoms with van der Waals surface area (Å²) >= 11 is -0.457. The minimum atomic E-state index is -2.44. The summed E-state index contributed by atoms with van der Waals surface area (Å²) in [6.07, 6.45) is 8.27. The van der Waals surface area contributed by atoms with Crippen LogP contribution >= 0.6 is 11.3 Å². The Hall–Kier alpha value is -0.801. The van der Waals surface area contributed by atoms with Crippen molar-refractivity contribution >= 4 is 43.4 Å². The number of thiophene rings is 1. The number of benzene rings is 2. The van der Waals surface area contributed by atoms with E-state index in [1.807, 2.05) is 14.9 Å². The number of hydrogen-bond donors (Lipinski definition) is 0. The van der Waals surface area contributed by atoms with E-state index in [9.17, 15) is 0 Å². The molecule has 0 saturated carbocycles. The summed E-state index contributed by atoms with van der Waals surface area (Å²) in [4.78, 5) is 1.49. The van der Waals surface area contributed by atoms with E-state index in [-0.39, 0.29) is 0 Å². The molecule has 2 aromatic carbocycles. The van der Waals surface area contributed by atoms with Gasteiger partial charge in [0.2, 0.25) is 0 Å². The zero-order valence-electron chi connectivity index (χ0n) is 18.0. The third kappa shape index (κ3) is 5.02. The Labute approximate surface area is 180 Å². The molecule has 0 amide bonds. The maximum absolute atomic E-state index is 2.54. The van der Waals surface area contributed by atoms with Gasteiger partial charge in [-0.1, -0.05) is 0 Å². The molecule has 1 aromatic heterocycles. The summed E-state index contributed by atoms with van der Waals surface area (Å²) in [6, 6.07) is 20.9. The van der Waals surface area contributed by atoms with Crippen LogP contribution in [-0.4, -0.2) is 18.4 Å². The third-order valence-corrected chi connectivity index (χ3v) is 23.1. The van der Waals surface area contributed by atoms with E-state index in [0.717, 1.165) is 0 Å². The van der Waals surface area contributed by atoms with E-state index in [1.165, 1.54) is 66.8 Å². The monoisotopic (exact) mass is 500 g/mol. The van der Waals surface area contributed by atoms with Crippen LogP contribution in [0.25, 0.3) is 20.5 Å². The second-order valence-electron chi connectivity index (χ2n) is 8.29. The van der Waals surface area contributed by atoms with E-state index in [1.54, 1.807) is 5.56 Å². The third-order valence-electron chi connectivity index (χ3n) is 6.22. The van der Waals surface area contributed by atoms with E-state index < -0.39 is 18.4 Å². The van der Waals surface area contributed by atoms with Crippen molar-refractivity contribution in [2.24, 2.45) is 0 Å². The van der Waals surface area contributed by atoms with Crippen LogP contribution in [-0.2, 0) is 0 Å². The zero-order valence-corrected chi connectivity index (χ0v) is 21.6. The SMILES string of the molecule is CCC[CH2][Sn]([CH2]CCC)([CH2]CCC)[c]1ccccc1-c1cc2ccccc2s1. The van der Waals surface area contributed by atoms with Gasteiger partial charge in [-0.05, 0) is 0 Å². The van der Waals surface area contributed by atoms with E-state index in [0.29, 0.717) is 0 Å². The molecule has 1 heterocycles. The topological polar surface area (TPSA) is 0 Å². The fourth-order valence-corrected chi connectivity index (χ4v) is 22.8. The van der Waals surface area contributed by atoms with Crippen LogP contribution in [0.1, 0.15) is 59.3 Å². The molecule has 0 aliphatic rings. The van der Waals surface area contributed by atoms with Gasteiger partial charge in [0.15, 0.2) is 0 Å². The van der Waals surface area contributed by atoms with Gasteiger partial charge in [0.25, 0.3) is 0 Å². The number of fused-ring (bicyclic) bond motifs is 1. The van der Waals surface area contributed by atoms with Crippen LogP contribution in [0.5, 0.6) is 0 Å². The molecule has 0 N–H and O–H groups in total. The average Bonchev–Trinajstić information content (AvgIpc) is 3.18. The van der Waals surface area contributed by atoms with Crippen molar-refractivity contribution in [2.45, 2.75) is 72.6 Å². The summed E-state index contributed by atoms with van der Waals surface area (Å²) in [7, 11) is 0. The van der Waals surface area contributed by atoms with Gasteiger partial charge < -0.3 is 0 Å². The van der Waals surface area contributed by atoms with Gasteiger partial charge in [-0.25, -0.2) is 0 Å². The van der Waals surface area contributed by atoms with E-state index >= 15 is 0 Å². The van der Waals surface area contributed by atoms with Crippen LogP contribution < -0.4 is 3.58 Å². The fraction of sp³-hybridized carbons (Fsp3) is 0.462. The standard InChI is InChI=1S/C14H9S.3C4H9.Sn/c1-2-6-11(7-3-1)14-10-12-8-4-5-9-13(12)15-14;3*1-3-4-2;/h1-6,8-10H;3*1,3-4H2,2H3;. The molecule has 2 heteroatoms. The average molecular weight is 499 g/mol. The van der Waals surface area contributed by atoms with E-state index in [4.69, 9.17) is 0 Å². The summed E-state index contributed by atoms with van der Waals surface area (Å²) in [5.41, 5.74) is 1.57. The Balaban J connectivity index is 2.10. The molecule has 0 aliphatic carbocycles. The second-order valence-corrected chi connectivity index (χ2v) is 22.5.